The maximum atomic E-state index is 12.5. The summed E-state index contributed by atoms with van der Waals surface area (Å²) in [5.41, 5.74) is 0. The third-order valence-corrected chi connectivity index (χ3v) is 13.6. The Morgan fingerprint density at radius 2 is 0.701 bits per heavy atom. The summed E-state index contributed by atoms with van der Waals surface area (Å²) in [6.07, 6.45) is 70.3. The summed E-state index contributed by atoms with van der Waals surface area (Å²) >= 11 is 0. The van der Waals surface area contributed by atoms with Crippen LogP contribution in [0.2, 0.25) is 0 Å². The molecule has 0 fully saturated rings. The Morgan fingerprint density at radius 1 is 0.403 bits per heavy atom. The number of hydrogen-bond acceptors (Lipinski definition) is 5. The smallest absolute Gasteiger partial charge is 0.305 e. The number of aliphatic hydroxyl groups is 2. The zero-order valence-electron chi connectivity index (χ0n) is 44.9. The van der Waals surface area contributed by atoms with Crippen molar-refractivity contribution in [2.45, 2.75) is 328 Å². The molecule has 394 valence electrons. The van der Waals surface area contributed by atoms with E-state index in [4.69, 9.17) is 4.74 Å². The molecule has 0 spiro atoms. The van der Waals surface area contributed by atoms with Crippen molar-refractivity contribution in [3.8, 4) is 0 Å². The average molecular weight is 943 g/mol. The molecule has 0 aromatic heterocycles. The largest absolute Gasteiger partial charge is 0.466 e. The standard InChI is InChI=1S/C61H115NO5/c1-3-5-7-9-11-13-15-17-18-19-20-21-24-27-30-33-37-41-45-49-53-59(64)58(57-63)62-60(65)54-50-46-42-38-34-31-28-25-22-23-26-29-32-36-40-44-48-52-56-67-61(66)55-51-47-43-39-35-16-14-12-10-8-6-4-2/h12,14,25,28,49,53,58-59,63-64H,3-11,13,15-24,26-27,29-48,50-52,54-57H2,1-2H3,(H,62,65)/b14-12-,28-25-,53-49+. The van der Waals surface area contributed by atoms with Crippen LogP contribution in [0.3, 0.4) is 0 Å². The van der Waals surface area contributed by atoms with Gasteiger partial charge in [-0.3, -0.25) is 9.59 Å². The molecule has 0 aliphatic carbocycles. The van der Waals surface area contributed by atoms with Crippen molar-refractivity contribution >= 4 is 11.9 Å². The van der Waals surface area contributed by atoms with E-state index >= 15 is 0 Å². The molecule has 0 aromatic carbocycles. The molecule has 0 heterocycles. The van der Waals surface area contributed by atoms with Gasteiger partial charge in [0.25, 0.3) is 0 Å². The van der Waals surface area contributed by atoms with Crippen molar-refractivity contribution in [2.75, 3.05) is 13.2 Å². The Kier molecular flexibility index (Phi) is 55.0. The van der Waals surface area contributed by atoms with Crippen LogP contribution in [0, 0.1) is 0 Å². The fourth-order valence-electron chi connectivity index (χ4n) is 9.03. The predicted molar refractivity (Wildman–Crippen MR) is 292 cm³/mol. The van der Waals surface area contributed by atoms with Crippen LogP contribution in [0.25, 0.3) is 0 Å². The van der Waals surface area contributed by atoms with Gasteiger partial charge in [0, 0.05) is 12.8 Å². The number of hydrogen-bond donors (Lipinski definition) is 3. The highest BCUT2D eigenvalue weighted by Crippen LogP contribution is 2.16. The number of ether oxygens (including phenoxy) is 1. The van der Waals surface area contributed by atoms with Crippen molar-refractivity contribution in [2.24, 2.45) is 0 Å². The summed E-state index contributed by atoms with van der Waals surface area (Å²) in [5, 5.41) is 23.2. The molecule has 6 nitrogen and oxygen atoms in total. The molecule has 0 bridgehead atoms. The molecular weight excluding hydrogens is 827 g/mol. The Balaban J connectivity index is 3.50. The van der Waals surface area contributed by atoms with Crippen LogP contribution in [0.15, 0.2) is 36.5 Å². The lowest BCUT2D eigenvalue weighted by Crippen LogP contribution is -2.45. The van der Waals surface area contributed by atoms with Crippen LogP contribution in [-0.2, 0) is 14.3 Å². The van der Waals surface area contributed by atoms with E-state index in [0.717, 1.165) is 64.2 Å². The molecule has 0 radical (unpaired) electrons. The SMILES string of the molecule is CCCCC/C=C\CCCCCCCC(=O)OCCCCCCCCCCC/C=C\CCCCCCCC(=O)NC(CO)C(O)/C=C/CCCCCCCCCCCCCCCCCCCC. The predicted octanol–water partition coefficient (Wildman–Crippen LogP) is 18.4. The van der Waals surface area contributed by atoms with Crippen LogP contribution >= 0.6 is 0 Å². The maximum absolute atomic E-state index is 12.5. The van der Waals surface area contributed by atoms with Crippen molar-refractivity contribution < 1.29 is 24.5 Å². The molecule has 0 aliphatic rings. The van der Waals surface area contributed by atoms with E-state index in [1.54, 1.807) is 6.08 Å². The van der Waals surface area contributed by atoms with Crippen molar-refractivity contribution in [3.63, 3.8) is 0 Å². The number of rotatable bonds is 55. The van der Waals surface area contributed by atoms with Gasteiger partial charge in [-0.2, -0.15) is 0 Å². The molecule has 6 heteroatoms. The van der Waals surface area contributed by atoms with Crippen LogP contribution in [0.5, 0.6) is 0 Å². The van der Waals surface area contributed by atoms with Gasteiger partial charge in [0.2, 0.25) is 5.91 Å². The van der Waals surface area contributed by atoms with Gasteiger partial charge < -0.3 is 20.3 Å². The number of nitrogens with one attached hydrogen (secondary N) is 1. The van der Waals surface area contributed by atoms with Crippen molar-refractivity contribution in [1.82, 2.24) is 5.32 Å². The minimum Gasteiger partial charge on any atom is -0.466 e. The van der Waals surface area contributed by atoms with Crippen LogP contribution in [-0.4, -0.2) is 47.4 Å². The van der Waals surface area contributed by atoms with E-state index in [9.17, 15) is 19.8 Å². The van der Waals surface area contributed by atoms with Gasteiger partial charge in [-0.1, -0.05) is 256 Å². The van der Waals surface area contributed by atoms with Gasteiger partial charge in [0.05, 0.1) is 25.4 Å². The summed E-state index contributed by atoms with van der Waals surface area (Å²) < 4.78 is 5.46. The molecule has 2 atom stereocenters. The van der Waals surface area contributed by atoms with Gasteiger partial charge in [0.1, 0.15) is 0 Å². The summed E-state index contributed by atoms with van der Waals surface area (Å²) in [4.78, 5) is 24.5. The fourth-order valence-corrected chi connectivity index (χ4v) is 9.03. The first-order chi connectivity index (χ1) is 33.0. The molecule has 3 N–H and O–H groups in total. The Bertz CT molecular complexity index is 1090. The first kappa shape index (κ1) is 65.1. The molecule has 1 amide bonds. The molecule has 0 rings (SSSR count). The second-order valence-electron chi connectivity index (χ2n) is 20.3. The minimum atomic E-state index is -0.854. The lowest BCUT2D eigenvalue weighted by atomic mass is 10.0. The number of unbranched alkanes of at least 4 members (excludes halogenated alkanes) is 40. The zero-order chi connectivity index (χ0) is 48.6. The van der Waals surface area contributed by atoms with E-state index in [0.29, 0.717) is 19.4 Å². The lowest BCUT2D eigenvalue weighted by molar-refractivity contribution is -0.143. The number of carbonyl (C=O) groups is 2. The number of esters is 1. The van der Waals surface area contributed by atoms with Gasteiger partial charge in [0.15, 0.2) is 0 Å². The summed E-state index contributed by atoms with van der Waals surface area (Å²) in [6, 6.07) is -0.639. The number of amides is 1. The van der Waals surface area contributed by atoms with Crippen LogP contribution < -0.4 is 5.32 Å². The van der Waals surface area contributed by atoms with E-state index in [1.807, 2.05) is 6.08 Å². The molecule has 2 unspecified atom stereocenters. The van der Waals surface area contributed by atoms with E-state index in [1.165, 1.54) is 225 Å². The lowest BCUT2D eigenvalue weighted by Gasteiger charge is -2.20. The molecule has 0 aromatic rings. The van der Waals surface area contributed by atoms with Gasteiger partial charge in [-0.15, -0.1) is 0 Å². The second kappa shape index (κ2) is 56.7. The molecule has 0 saturated heterocycles. The fraction of sp³-hybridized carbons (Fsp3) is 0.869. The summed E-state index contributed by atoms with van der Waals surface area (Å²) in [5.74, 6) is -0.0886. The van der Waals surface area contributed by atoms with Crippen LogP contribution in [0.1, 0.15) is 316 Å². The Morgan fingerprint density at radius 3 is 1.09 bits per heavy atom. The van der Waals surface area contributed by atoms with Gasteiger partial charge in [-0.05, 0) is 83.5 Å². The quantitative estimate of drug-likeness (QED) is 0.0321. The second-order valence-corrected chi connectivity index (χ2v) is 20.3. The van der Waals surface area contributed by atoms with E-state index in [-0.39, 0.29) is 18.5 Å². The third-order valence-electron chi connectivity index (χ3n) is 13.6. The highest BCUT2D eigenvalue weighted by Gasteiger charge is 2.18. The van der Waals surface area contributed by atoms with E-state index in [2.05, 4.69) is 43.5 Å². The number of aliphatic hydroxyl groups excluding tert-OH is 2. The van der Waals surface area contributed by atoms with Crippen molar-refractivity contribution in [1.29, 1.82) is 0 Å². The topological polar surface area (TPSA) is 95.9 Å². The first-order valence-corrected chi connectivity index (χ1v) is 29.8. The van der Waals surface area contributed by atoms with Gasteiger partial charge >= 0.3 is 5.97 Å². The zero-order valence-corrected chi connectivity index (χ0v) is 44.9. The summed E-state index contributed by atoms with van der Waals surface area (Å²) in [6.45, 7) is 4.87. The molecular formula is C61H115NO5. The van der Waals surface area contributed by atoms with Crippen molar-refractivity contribution in [3.05, 3.63) is 36.5 Å². The minimum absolute atomic E-state index is 0.00802. The maximum Gasteiger partial charge on any atom is 0.305 e. The number of allylic oxidation sites excluding steroid dienone is 5. The summed E-state index contributed by atoms with van der Waals surface area (Å²) in [7, 11) is 0. The number of carbonyl (C=O) groups excluding carboxylic acids is 2. The average Bonchev–Trinajstić information content (AvgIpc) is 3.33. The Labute approximate surface area is 417 Å². The first-order valence-electron chi connectivity index (χ1n) is 29.8. The monoisotopic (exact) mass is 942 g/mol. The van der Waals surface area contributed by atoms with Gasteiger partial charge in [-0.25, -0.2) is 0 Å². The normalized spacial score (nSPS) is 12.8. The molecule has 0 aliphatic heterocycles. The third kappa shape index (κ3) is 53.3. The molecule has 67 heavy (non-hydrogen) atoms. The van der Waals surface area contributed by atoms with Crippen LogP contribution in [0.4, 0.5) is 0 Å². The molecule has 0 saturated carbocycles. The highest BCUT2D eigenvalue weighted by molar-refractivity contribution is 5.76. The Hall–Kier alpha value is -1.92. The highest BCUT2D eigenvalue weighted by atomic mass is 16.5. The van der Waals surface area contributed by atoms with E-state index < -0.39 is 12.1 Å².